The summed E-state index contributed by atoms with van der Waals surface area (Å²) in [6.45, 7) is 3.51. The van der Waals surface area contributed by atoms with Crippen molar-refractivity contribution >= 4 is 17.0 Å². The second kappa shape index (κ2) is 6.69. The first-order chi connectivity index (χ1) is 10.0. The summed E-state index contributed by atoms with van der Waals surface area (Å²) in [6.07, 6.45) is 0. The number of rotatable bonds is 6. The molecule has 0 spiro atoms. The van der Waals surface area contributed by atoms with Gasteiger partial charge in [-0.15, -0.1) is 11.3 Å². The van der Waals surface area contributed by atoms with Crippen LogP contribution in [0.1, 0.15) is 16.0 Å². The van der Waals surface area contributed by atoms with E-state index in [2.05, 4.69) is 23.3 Å². The number of benzene rings is 1. The number of hydrogen-bond donors (Lipinski definition) is 0. The standard InChI is InChI=1S/C15H18N2O3S/c1-11-6-7-21-15(11)10-16(2)9-12-8-13(17(18)19)4-5-14(12)20-3/h4-8H,9-10H2,1-3H3. The van der Waals surface area contributed by atoms with Gasteiger partial charge in [0, 0.05) is 35.7 Å². The lowest BCUT2D eigenvalue weighted by molar-refractivity contribution is -0.384. The van der Waals surface area contributed by atoms with Gasteiger partial charge in [-0.05, 0) is 37.0 Å². The van der Waals surface area contributed by atoms with E-state index in [9.17, 15) is 10.1 Å². The molecule has 1 heterocycles. The largest absolute Gasteiger partial charge is 0.496 e. The van der Waals surface area contributed by atoms with Gasteiger partial charge in [-0.25, -0.2) is 0 Å². The fourth-order valence-electron chi connectivity index (χ4n) is 2.16. The minimum atomic E-state index is -0.383. The lowest BCUT2D eigenvalue weighted by atomic mass is 10.1. The molecule has 5 nitrogen and oxygen atoms in total. The number of hydrogen-bond acceptors (Lipinski definition) is 5. The van der Waals surface area contributed by atoms with Gasteiger partial charge in [0.15, 0.2) is 0 Å². The summed E-state index contributed by atoms with van der Waals surface area (Å²) >= 11 is 1.73. The first kappa shape index (κ1) is 15.5. The zero-order valence-corrected chi connectivity index (χ0v) is 13.1. The third-order valence-electron chi connectivity index (χ3n) is 3.30. The van der Waals surface area contributed by atoms with Crippen LogP contribution in [0.2, 0.25) is 0 Å². The highest BCUT2D eigenvalue weighted by atomic mass is 32.1. The molecule has 0 aliphatic carbocycles. The van der Waals surface area contributed by atoms with Crippen LogP contribution in [-0.4, -0.2) is 24.0 Å². The molecule has 2 rings (SSSR count). The highest BCUT2D eigenvalue weighted by Crippen LogP contribution is 2.26. The fourth-order valence-corrected chi connectivity index (χ4v) is 3.15. The number of thiophene rings is 1. The van der Waals surface area contributed by atoms with Crippen LogP contribution in [0.3, 0.4) is 0 Å². The third kappa shape index (κ3) is 3.80. The highest BCUT2D eigenvalue weighted by molar-refractivity contribution is 7.10. The van der Waals surface area contributed by atoms with Crippen molar-refractivity contribution < 1.29 is 9.66 Å². The molecule has 0 atom stereocenters. The van der Waals surface area contributed by atoms with Crippen LogP contribution in [0.25, 0.3) is 0 Å². The molecular formula is C15H18N2O3S. The number of non-ortho nitro benzene ring substituents is 1. The zero-order valence-electron chi connectivity index (χ0n) is 12.3. The quantitative estimate of drug-likeness (QED) is 0.604. The topological polar surface area (TPSA) is 55.6 Å². The smallest absolute Gasteiger partial charge is 0.270 e. The van der Waals surface area contributed by atoms with Gasteiger partial charge >= 0.3 is 0 Å². The van der Waals surface area contributed by atoms with Gasteiger partial charge in [0.25, 0.3) is 5.69 Å². The minimum Gasteiger partial charge on any atom is -0.496 e. The van der Waals surface area contributed by atoms with Crippen LogP contribution in [-0.2, 0) is 13.1 Å². The predicted molar refractivity (Wildman–Crippen MR) is 83.9 cm³/mol. The third-order valence-corrected chi connectivity index (χ3v) is 4.30. The van der Waals surface area contributed by atoms with Crippen LogP contribution >= 0.6 is 11.3 Å². The number of aryl methyl sites for hydroxylation is 1. The Labute approximate surface area is 127 Å². The molecule has 21 heavy (non-hydrogen) atoms. The van der Waals surface area contributed by atoms with E-state index >= 15 is 0 Å². The van der Waals surface area contributed by atoms with Crippen molar-refractivity contribution in [2.75, 3.05) is 14.2 Å². The molecule has 0 fully saturated rings. The predicted octanol–water partition coefficient (Wildman–Crippen LogP) is 3.61. The monoisotopic (exact) mass is 306 g/mol. The minimum absolute atomic E-state index is 0.0894. The molecular weight excluding hydrogens is 288 g/mol. The number of nitro groups is 1. The number of methoxy groups -OCH3 is 1. The molecule has 0 radical (unpaired) electrons. The Balaban J connectivity index is 2.15. The second-order valence-electron chi connectivity index (χ2n) is 4.95. The SMILES string of the molecule is COc1ccc([N+](=O)[O-])cc1CN(C)Cc1sccc1C. The van der Waals surface area contributed by atoms with Crippen LogP contribution < -0.4 is 4.74 Å². The van der Waals surface area contributed by atoms with E-state index in [0.29, 0.717) is 12.3 Å². The second-order valence-corrected chi connectivity index (χ2v) is 5.95. The van der Waals surface area contributed by atoms with Crippen molar-refractivity contribution in [1.29, 1.82) is 0 Å². The summed E-state index contributed by atoms with van der Waals surface area (Å²) in [4.78, 5) is 13.9. The fraction of sp³-hybridized carbons (Fsp3) is 0.333. The van der Waals surface area contributed by atoms with Gasteiger partial charge < -0.3 is 4.74 Å². The van der Waals surface area contributed by atoms with Crippen molar-refractivity contribution in [1.82, 2.24) is 4.90 Å². The van der Waals surface area contributed by atoms with Gasteiger partial charge in [-0.2, -0.15) is 0 Å². The molecule has 0 bridgehead atoms. The lowest BCUT2D eigenvalue weighted by Gasteiger charge is -2.18. The average Bonchev–Trinajstić information content (AvgIpc) is 2.84. The Hall–Kier alpha value is -1.92. The summed E-state index contributed by atoms with van der Waals surface area (Å²) in [5.74, 6) is 0.676. The van der Waals surface area contributed by atoms with Gasteiger partial charge in [0.2, 0.25) is 0 Å². The average molecular weight is 306 g/mol. The van der Waals surface area contributed by atoms with Crippen molar-refractivity contribution in [3.05, 3.63) is 55.8 Å². The van der Waals surface area contributed by atoms with E-state index in [1.54, 1.807) is 30.6 Å². The molecule has 0 saturated heterocycles. The van der Waals surface area contributed by atoms with Crippen molar-refractivity contribution in [2.45, 2.75) is 20.0 Å². The Morgan fingerprint density at radius 2 is 2.10 bits per heavy atom. The van der Waals surface area contributed by atoms with Gasteiger partial charge in [-0.1, -0.05) is 0 Å². The summed E-state index contributed by atoms with van der Waals surface area (Å²) in [5.41, 5.74) is 2.19. The normalized spacial score (nSPS) is 10.9. The molecule has 0 amide bonds. The Morgan fingerprint density at radius 1 is 1.33 bits per heavy atom. The van der Waals surface area contributed by atoms with Crippen molar-refractivity contribution in [2.24, 2.45) is 0 Å². The summed E-state index contributed by atoms with van der Waals surface area (Å²) in [7, 11) is 3.57. The van der Waals surface area contributed by atoms with E-state index in [4.69, 9.17) is 4.74 Å². The Bertz CT molecular complexity index is 640. The molecule has 6 heteroatoms. The first-order valence-corrected chi connectivity index (χ1v) is 7.42. The number of nitrogens with zero attached hydrogens (tertiary/aromatic N) is 2. The van der Waals surface area contributed by atoms with Crippen LogP contribution in [0.4, 0.5) is 5.69 Å². The van der Waals surface area contributed by atoms with Crippen LogP contribution in [0.15, 0.2) is 29.6 Å². The summed E-state index contributed by atoms with van der Waals surface area (Å²) < 4.78 is 5.29. The molecule has 1 aromatic carbocycles. The molecule has 2 aromatic rings. The molecule has 0 aliphatic rings. The molecule has 0 unspecified atom stereocenters. The molecule has 0 aliphatic heterocycles. The number of nitro benzene ring substituents is 1. The van der Waals surface area contributed by atoms with E-state index < -0.39 is 0 Å². The zero-order chi connectivity index (χ0) is 15.4. The van der Waals surface area contributed by atoms with E-state index in [1.807, 2.05) is 7.05 Å². The van der Waals surface area contributed by atoms with Crippen LogP contribution in [0, 0.1) is 17.0 Å². The van der Waals surface area contributed by atoms with Gasteiger partial charge in [-0.3, -0.25) is 15.0 Å². The Kier molecular flexibility index (Phi) is 4.93. The highest BCUT2D eigenvalue weighted by Gasteiger charge is 2.13. The van der Waals surface area contributed by atoms with E-state index in [-0.39, 0.29) is 10.6 Å². The van der Waals surface area contributed by atoms with E-state index in [0.717, 1.165) is 12.1 Å². The van der Waals surface area contributed by atoms with Crippen molar-refractivity contribution in [3.8, 4) is 5.75 Å². The maximum absolute atomic E-state index is 10.9. The maximum Gasteiger partial charge on any atom is 0.270 e. The lowest BCUT2D eigenvalue weighted by Crippen LogP contribution is -2.17. The van der Waals surface area contributed by atoms with Crippen molar-refractivity contribution in [3.63, 3.8) is 0 Å². The van der Waals surface area contributed by atoms with Crippen LogP contribution in [0.5, 0.6) is 5.75 Å². The van der Waals surface area contributed by atoms with Gasteiger partial charge in [0.1, 0.15) is 5.75 Å². The summed E-state index contributed by atoms with van der Waals surface area (Å²) in [5, 5.41) is 13.0. The summed E-state index contributed by atoms with van der Waals surface area (Å²) in [6, 6.07) is 6.79. The van der Waals surface area contributed by atoms with E-state index in [1.165, 1.54) is 16.5 Å². The molecule has 112 valence electrons. The molecule has 1 aromatic heterocycles. The Morgan fingerprint density at radius 3 is 2.67 bits per heavy atom. The van der Waals surface area contributed by atoms with Gasteiger partial charge in [0.05, 0.1) is 12.0 Å². The molecule has 0 saturated carbocycles. The number of ether oxygens (including phenoxy) is 1. The first-order valence-electron chi connectivity index (χ1n) is 6.54. The molecule has 0 N–H and O–H groups in total. The maximum atomic E-state index is 10.9.